The molecule has 0 saturated heterocycles. The molecule has 1 heterocycles. The molecule has 1 aromatic heterocycles. The summed E-state index contributed by atoms with van der Waals surface area (Å²) in [5, 5.41) is 1.11. The Bertz CT molecular complexity index is 939. The maximum Gasteiger partial charge on any atom is 0.279 e. The van der Waals surface area contributed by atoms with Crippen LogP contribution in [0.5, 0.6) is 0 Å². The lowest BCUT2D eigenvalue weighted by Crippen LogP contribution is -2.13. The molecule has 0 N–H and O–H groups in total. The quantitative estimate of drug-likeness (QED) is 0.631. The molecule has 112 valence electrons. The van der Waals surface area contributed by atoms with Crippen LogP contribution < -0.4 is 4.80 Å². The molecule has 0 aliphatic carbocycles. The second kappa shape index (κ2) is 5.88. The summed E-state index contributed by atoms with van der Waals surface area (Å²) in [6.45, 7) is 1.98. The summed E-state index contributed by atoms with van der Waals surface area (Å²) >= 11 is 13.6. The molecular weight excluding hydrogens is 339 g/mol. The number of carbonyl (C=O) groups is 1. The van der Waals surface area contributed by atoms with Crippen LogP contribution in [0.2, 0.25) is 10.0 Å². The molecule has 0 unspecified atom stereocenters. The number of benzene rings is 2. The van der Waals surface area contributed by atoms with Crippen LogP contribution in [0.1, 0.15) is 15.9 Å². The second-order valence-electron chi connectivity index (χ2n) is 4.96. The predicted octanol–water partition coefficient (Wildman–Crippen LogP) is 4.60. The van der Waals surface area contributed by atoms with Crippen molar-refractivity contribution >= 4 is 50.7 Å². The van der Waals surface area contributed by atoms with E-state index < -0.39 is 0 Å². The zero-order valence-corrected chi connectivity index (χ0v) is 14.3. The van der Waals surface area contributed by atoms with E-state index in [9.17, 15) is 4.79 Å². The molecular formula is C16H12Cl2N2OS. The van der Waals surface area contributed by atoms with Gasteiger partial charge in [0, 0.05) is 17.6 Å². The summed E-state index contributed by atoms with van der Waals surface area (Å²) in [7, 11) is 1.83. The standard InChI is InChI=1S/C16H12Cl2N2OS/c1-9-3-5-10(6-4-9)15(21)19-16-20(2)14-12(18)7-11(17)8-13(14)22-16/h3-8H,1-2H3. The molecule has 3 aromatic rings. The van der Waals surface area contributed by atoms with E-state index in [1.807, 2.05) is 36.7 Å². The van der Waals surface area contributed by atoms with Crippen molar-refractivity contribution < 1.29 is 4.79 Å². The molecule has 0 saturated carbocycles. The molecule has 1 amide bonds. The van der Waals surface area contributed by atoms with Gasteiger partial charge in [0.15, 0.2) is 4.80 Å². The lowest BCUT2D eigenvalue weighted by atomic mass is 10.1. The van der Waals surface area contributed by atoms with Gasteiger partial charge in [-0.2, -0.15) is 4.99 Å². The van der Waals surface area contributed by atoms with Gasteiger partial charge in [0.1, 0.15) is 0 Å². The SMILES string of the molecule is Cc1ccc(C(=O)N=c2sc3cc(Cl)cc(Cl)c3n2C)cc1. The molecule has 0 fully saturated rings. The first-order valence-electron chi connectivity index (χ1n) is 6.56. The number of aromatic nitrogens is 1. The maximum atomic E-state index is 12.3. The minimum atomic E-state index is -0.274. The number of aryl methyl sites for hydroxylation is 2. The number of hydrogen-bond acceptors (Lipinski definition) is 2. The van der Waals surface area contributed by atoms with Crippen LogP contribution in [0.3, 0.4) is 0 Å². The van der Waals surface area contributed by atoms with Gasteiger partial charge < -0.3 is 4.57 Å². The first kappa shape index (κ1) is 15.3. The monoisotopic (exact) mass is 350 g/mol. The zero-order valence-electron chi connectivity index (χ0n) is 11.9. The Balaban J connectivity index is 2.13. The van der Waals surface area contributed by atoms with Crippen molar-refractivity contribution in [1.29, 1.82) is 0 Å². The molecule has 0 aliphatic rings. The molecule has 0 atom stereocenters. The smallest absolute Gasteiger partial charge is 0.279 e. The summed E-state index contributed by atoms with van der Waals surface area (Å²) in [5.74, 6) is -0.274. The number of thiazole rings is 1. The number of rotatable bonds is 1. The number of fused-ring (bicyclic) bond motifs is 1. The first-order chi connectivity index (χ1) is 10.5. The van der Waals surface area contributed by atoms with Crippen LogP contribution in [0, 0.1) is 6.92 Å². The number of carbonyl (C=O) groups excluding carboxylic acids is 1. The van der Waals surface area contributed by atoms with Gasteiger partial charge in [-0.05, 0) is 31.2 Å². The Morgan fingerprint density at radius 1 is 1.18 bits per heavy atom. The van der Waals surface area contributed by atoms with E-state index in [2.05, 4.69) is 4.99 Å². The summed E-state index contributed by atoms with van der Waals surface area (Å²) in [5.41, 5.74) is 2.49. The summed E-state index contributed by atoms with van der Waals surface area (Å²) in [4.78, 5) is 17.1. The fraction of sp³-hybridized carbons (Fsp3) is 0.125. The Hall–Kier alpha value is -1.62. The normalized spacial score (nSPS) is 12.1. The minimum absolute atomic E-state index is 0.274. The van der Waals surface area contributed by atoms with Gasteiger partial charge in [-0.15, -0.1) is 0 Å². The van der Waals surface area contributed by atoms with Gasteiger partial charge in [0.2, 0.25) is 0 Å². The highest BCUT2D eigenvalue weighted by atomic mass is 35.5. The van der Waals surface area contributed by atoms with Crippen LogP contribution in [-0.2, 0) is 7.05 Å². The van der Waals surface area contributed by atoms with E-state index in [0.29, 0.717) is 20.4 Å². The molecule has 3 nitrogen and oxygen atoms in total. The molecule has 0 spiro atoms. The largest absolute Gasteiger partial charge is 0.318 e. The highest BCUT2D eigenvalue weighted by Gasteiger charge is 2.10. The molecule has 2 aromatic carbocycles. The van der Waals surface area contributed by atoms with E-state index >= 15 is 0 Å². The molecule has 3 rings (SSSR count). The second-order valence-corrected chi connectivity index (χ2v) is 6.81. The van der Waals surface area contributed by atoms with Crippen molar-refractivity contribution in [3.8, 4) is 0 Å². The van der Waals surface area contributed by atoms with Crippen LogP contribution in [0.25, 0.3) is 10.2 Å². The lowest BCUT2D eigenvalue weighted by Gasteiger charge is -1.99. The van der Waals surface area contributed by atoms with Gasteiger partial charge in [-0.1, -0.05) is 52.2 Å². The predicted molar refractivity (Wildman–Crippen MR) is 91.9 cm³/mol. The van der Waals surface area contributed by atoms with Crippen molar-refractivity contribution in [3.63, 3.8) is 0 Å². The van der Waals surface area contributed by atoms with Crippen molar-refractivity contribution in [2.45, 2.75) is 6.92 Å². The Kier molecular flexibility index (Phi) is 4.08. The maximum absolute atomic E-state index is 12.3. The van der Waals surface area contributed by atoms with Gasteiger partial charge in [-0.25, -0.2) is 0 Å². The highest BCUT2D eigenvalue weighted by Crippen LogP contribution is 2.29. The Morgan fingerprint density at radius 2 is 1.86 bits per heavy atom. The van der Waals surface area contributed by atoms with Crippen LogP contribution >= 0.6 is 34.5 Å². The fourth-order valence-electron chi connectivity index (χ4n) is 2.15. The number of amides is 1. The molecule has 22 heavy (non-hydrogen) atoms. The van der Waals surface area contributed by atoms with E-state index in [-0.39, 0.29) is 5.91 Å². The third-order valence-corrected chi connectivity index (χ3v) is 4.90. The van der Waals surface area contributed by atoms with Crippen LogP contribution in [0.15, 0.2) is 41.4 Å². The number of halogens is 2. The highest BCUT2D eigenvalue weighted by molar-refractivity contribution is 7.16. The Labute approximate surface area is 141 Å². The first-order valence-corrected chi connectivity index (χ1v) is 8.13. The summed E-state index contributed by atoms with van der Waals surface area (Å²) in [6, 6.07) is 10.8. The minimum Gasteiger partial charge on any atom is -0.318 e. The average molecular weight is 351 g/mol. The zero-order chi connectivity index (χ0) is 15.9. The number of hydrogen-bond donors (Lipinski definition) is 0. The Morgan fingerprint density at radius 3 is 2.55 bits per heavy atom. The molecule has 6 heteroatoms. The van der Waals surface area contributed by atoms with Crippen molar-refractivity contribution in [2.24, 2.45) is 12.0 Å². The third kappa shape index (κ3) is 2.82. The third-order valence-electron chi connectivity index (χ3n) is 3.31. The van der Waals surface area contributed by atoms with Gasteiger partial charge >= 0.3 is 0 Å². The van der Waals surface area contributed by atoms with E-state index in [0.717, 1.165) is 15.8 Å². The molecule has 0 aliphatic heterocycles. The van der Waals surface area contributed by atoms with Crippen LogP contribution in [-0.4, -0.2) is 10.5 Å². The topological polar surface area (TPSA) is 34.4 Å². The molecule has 0 bridgehead atoms. The van der Waals surface area contributed by atoms with Crippen molar-refractivity contribution in [1.82, 2.24) is 4.57 Å². The lowest BCUT2D eigenvalue weighted by molar-refractivity contribution is 0.0998. The van der Waals surface area contributed by atoms with E-state index in [1.165, 1.54) is 11.3 Å². The van der Waals surface area contributed by atoms with Crippen LogP contribution in [0.4, 0.5) is 0 Å². The summed E-state index contributed by atoms with van der Waals surface area (Å²) in [6.07, 6.45) is 0. The van der Waals surface area contributed by atoms with Gasteiger partial charge in [-0.3, -0.25) is 4.79 Å². The van der Waals surface area contributed by atoms with E-state index in [4.69, 9.17) is 23.2 Å². The average Bonchev–Trinajstić information content (AvgIpc) is 2.75. The van der Waals surface area contributed by atoms with Crippen molar-refractivity contribution in [2.75, 3.05) is 0 Å². The van der Waals surface area contributed by atoms with E-state index in [1.54, 1.807) is 18.2 Å². The van der Waals surface area contributed by atoms with Gasteiger partial charge in [0.25, 0.3) is 5.91 Å². The number of nitrogens with zero attached hydrogens (tertiary/aromatic N) is 2. The molecule has 0 radical (unpaired) electrons. The van der Waals surface area contributed by atoms with Crippen molar-refractivity contribution in [3.05, 3.63) is 62.4 Å². The van der Waals surface area contributed by atoms with Gasteiger partial charge in [0.05, 0.1) is 15.2 Å². The summed E-state index contributed by atoms with van der Waals surface area (Å²) < 4.78 is 2.71. The fourth-order valence-corrected chi connectivity index (χ4v) is 3.98.